The number of ketones is 1. The quantitative estimate of drug-likeness (QED) is 0.233. The van der Waals surface area contributed by atoms with Gasteiger partial charge in [-0.25, -0.2) is 5.01 Å². The number of carbonyl (C=O) groups is 3. The number of hydrazone groups is 1. The first-order valence-electron chi connectivity index (χ1n) is 18.5. The zero-order chi connectivity index (χ0) is 34.8. The van der Waals surface area contributed by atoms with E-state index in [1.165, 1.54) is 32.1 Å². The van der Waals surface area contributed by atoms with Crippen LogP contribution in [0.3, 0.4) is 0 Å². The molecule has 0 radical (unpaired) electrons. The number of carbonyl (C=O) groups excluding carboxylic acids is 3. The second kappa shape index (κ2) is 12.5. The third-order valence-electron chi connectivity index (χ3n) is 13.6. The lowest BCUT2D eigenvalue weighted by Gasteiger charge is -2.41. The molecule has 1 aliphatic heterocycles. The highest BCUT2D eigenvalue weighted by Gasteiger charge is 2.64. The molecule has 2 N–H and O–H groups in total. The van der Waals surface area contributed by atoms with E-state index < -0.39 is 5.41 Å². The monoisotopic (exact) mass is 656 g/mol. The largest absolute Gasteiger partial charge is 0.506 e. The summed E-state index contributed by atoms with van der Waals surface area (Å²) in [6.45, 7) is 18.4. The highest BCUT2D eigenvalue weighted by Crippen LogP contribution is 2.67. The molecule has 5 aliphatic rings. The molecule has 8 heteroatoms. The molecule has 1 heterocycles. The number of rotatable bonds is 11. The Hall–Kier alpha value is -3.42. The van der Waals surface area contributed by atoms with Crippen LogP contribution in [0.2, 0.25) is 0 Å². The van der Waals surface area contributed by atoms with E-state index in [0.29, 0.717) is 41.6 Å². The molecule has 1 aromatic rings. The predicted molar refractivity (Wildman–Crippen MR) is 193 cm³/mol. The Morgan fingerprint density at radius 1 is 1.04 bits per heavy atom. The van der Waals surface area contributed by atoms with Crippen LogP contribution in [-0.4, -0.2) is 52.6 Å². The molecule has 3 fully saturated rings. The van der Waals surface area contributed by atoms with E-state index in [-0.39, 0.29) is 56.9 Å². The van der Waals surface area contributed by atoms with Gasteiger partial charge in [0.1, 0.15) is 5.76 Å². The van der Waals surface area contributed by atoms with Crippen LogP contribution >= 0.6 is 0 Å². The van der Waals surface area contributed by atoms with Crippen LogP contribution in [0.25, 0.3) is 5.57 Å². The van der Waals surface area contributed by atoms with Gasteiger partial charge in [-0.2, -0.15) is 5.10 Å². The average Bonchev–Trinajstić information content (AvgIpc) is 3.78. The number of aliphatic hydroxyl groups is 1. The van der Waals surface area contributed by atoms with E-state index in [9.17, 15) is 19.5 Å². The van der Waals surface area contributed by atoms with Gasteiger partial charge in [0, 0.05) is 29.8 Å². The minimum absolute atomic E-state index is 0.0320. The van der Waals surface area contributed by atoms with Gasteiger partial charge in [0.25, 0.3) is 5.91 Å². The van der Waals surface area contributed by atoms with Gasteiger partial charge in [-0.05, 0) is 93.2 Å². The number of aliphatic hydroxyl groups excluding tert-OH is 1. The van der Waals surface area contributed by atoms with Gasteiger partial charge in [0.05, 0.1) is 34.2 Å². The van der Waals surface area contributed by atoms with Crippen LogP contribution in [0.4, 0.5) is 11.4 Å². The van der Waals surface area contributed by atoms with Crippen LogP contribution in [0.5, 0.6) is 0 Å². The van der Waals surface area contributed by atoms with E-state index in [1.54, 1.807) is 5.01 Å². The van der Waals surface area contributed by atoms with Crippen molar-refractivity contribution >= 4 is 40.3 Å². The van der Waals surface area contributed by atoms with Crippen molar-refractivity contribution in [1.82, 2.24) is 5.01 Å². The number of nitrogens with one attached hydrogen (secondary N) is 1. The SMILES string of the molecule is CCN(CC)c1ccc(C2=C(O)C(=C3C(=O)N(C4CC5CCC4(C)C5(C)C)N=C3CCC3CCCC3)C2=O)c(NC(=O)C(C)(C)CC)c1. The fourth-order valence-electron chi connectivity index (χ4n) is 9.25. The fourth-order valence-corrected chi connectivity index (χ4v) is 9.25. The molecule has 3 atom stereocenters. The van der Waals surface area contributed by atoms with Crippen molar-refractivity contribution in [2.75, 3.05) is 23.3 Å². The Bertz CT molecular complexity index is 1610. The second-order valence-electron chi connectivity index (χ2n) is 16.4. The lowest BCUT2D eigenvalue weighted by atomic mass is 9.69. The number of nitrogens with zero attached hydrogens (tertiary/aromatic N) is 3. The molecule has 2 bridgehead atoms. The van der Waals surface area contributed by atoms with Crippen LogP contribution in [0.1, 0.15) is 125 Å². The number of amides is 2. The minimum atomic E-state index is -0.620. The zero-order valence-corrected chi connectivity index (χ0v) is 30.5. The molecule has 260 valence electrons. The Labute approximate surface area is 287 Å². The Kier molecular flexibility index (Phi) is 8.95. The third kappa shape index (κ3) is 5.32. The molecule has 1 aromatic carbocycles. The maximum atomic E-state index is 14.4. The summed E-state index contributed by atoms with van der Waals surface area (Å²) >= 11 is 0. The molecule has 4 aliphatic carbocycles. The van der Waals surface area contributed by atoms with Crippen LogP contribution in [0, 0.1) is 28.1 Å². The summed E-state index contributed by atoms with van der Waals surface area (Å²) in [7, 11) is 0. The normalized spacial score (nSPS) is 28.4. The van der Waals surface area contributed by atoms with Crippen molar-refractivity contribution in [2.24, 2.45) is 33.2 Å². The summed E-state index contributed by atoms with van der Waals surface area (Å²) < 4.78 is 0. The summed E-state index contributed by atoms with van der Waals surface area (Å²) in [4.78, 5) is 44.2. The molecule has 2 amide bonds. The van der Waals surface area contributed by atoms with E-state index in [2.05, 4.69) is 44.8 Å². The lowest BCUT2D eigenvalue weighted by Crippen LogP contribution is -2.46. The number of allylic oxidation sites excluding steroid dienone is 2. The van der Waals surface area contributed by atoms with Gasteiger partial charge in [-0.1, -0.05) is 67.2 Å². The standard InChI is InChI=1S/C40H56N4O4/c1-9-38(4,5)37(48)41-29-23-26(43(10-2)11-3)17-18-27(29)31-34(45)33(35(31)46)32-28(19-16-24-14-12-13-15-24)42-44(36(32)47)30-22-25-20-21-40(30,8)39(25,6)7/h17-18,23-25,30,45H,9-16,19-22H2,1-8H3,(H,41,48). The smallest absolute Gasteiger partial charge is 0.277 e. The summed E-state index contributed by atoms with van der Waals surface area (Å²) in [6.07, 6.45) is 10.2. The zero-order valence-electron chi connectivity index (χ0n) is 30.5. The van der Waals surface area contributed by atoms with Crippen molar-refractivity contribution < 1.29 is 19.5 Å². The average molecular weight is 657 g/mol. The molecule has 48 heavy (non-hydrogen) atoms. The third-order valence-corrected chi connectivity index (χ3v) is 13.6. The molecule has 8 nitrogen and oxygen atoms in total. The molecular formula is C40H56N4O4. The summed E-state index contributed by atoms with van der Waals surface area (Å²) in [6, 6.07) is 5.59. The van der Waals surface area contributed by atoms with Gasteiger partial charge in [-0.15, -0.1) is 0 Å². The topological polar surface area (TPSA) is 102 Å². The van der Waals surface area contributed by atoms with Gasteiger partial charge >= 0.3 is 0 Å². The van der Waals surface area contributed by atoms with Crippen molar-refractivity contribution in [3.8, 4) is 0 Å². The Balaban J connectivity index is 1.41. The summed E-state index contributed by atoms with van der Waals surface area (Å²) in [5.41, 5.74) is 2.42. The van der Waals surface area contributed by atoms with Gasteiger partial charge < -0.3 is 15.3 Å². The highest BCUT2D eigenvalue weighted by molar-refractivity contribution is 6.44. The molecule has 3 unspecified atom stereocenters. The van der Waals surface area contributed by atoms with Crippen molar-refractivity contribution in [3.05, 3.63) is 40.7 Å². The maximum Gasteiger partial charge on any atom is 0.277 e. The maximum absolute atomic E-state index is 14.4. The minimum Gasteiger partial charge on any atom is -0.506 e. The van der Waals surface area contributed by atoms with Crippen LogP contribution < -0.4 is 10.2 Å². The van der Waals surface area contributed by atoms with Gasteiger partial charge in [-0.3, -0.25) is 14.4 Å². The first kappa shape index (κ1) is 34.4. The number of benzene rings is 1. The first-order chi connectivity index (χ1) is 22.7. The Morgan fingerprint density at radius 3 is 2.29 bits per heavy atom. The highest BCUT2D eigenvalue weighted by atomic mass is 16.3. The van der Waals surface area contributed by atoms with Crippen LogP contribution in [-0.2, 0) is 14.4 Å². The van der Waals surface area contributed by atoms with Crippen molar-refractivity contribution in [3.63, 3.8) is 0 Å². The van der Waals surface area contributed by atoms with Crippen molar-refractivity contribution in [1.29, 1.82) is 0 Å². The summed E-state index contributed by atoms with van der Waals surface area (Å²) in [5.74, 6) is 0.172. The lowest BCUT2D eigenvalue weighted by molar-refractivity contribution is -0.131. The first-order valence-corrected chi connectivity index (χ1v) is 18.5. The molecule has 0 saturated heterocycles. The van der Waals surface area contributed by atoms with E-state index in [1.807, 2.05) is 39.0 Å². The number of anilines is 2. The van der Waals surface area contributed by atoms with E-state index >= 15 is 0 Å². The van der Waals surface area contributed by atoms with Gasteiger partial charge in [0.2, 0.25) is 11.7 Å². The molecular weight excluding hydrogens is 600 g/mol. The van der Waals surface area contributed by atoms with E-state index in [0.717, 1.165) is 38.0 Å². The molecule has 0 aromatic heterocycles. The van der Waals surface area contributed by atoms with E-state index in [4.69, 9.17) is 5.10 Å². The van der Waals surface area contributed by atoms with Crippen LogP contribution in [0.15, 0.2) is 40.2 Å². The number of hydrogen-bond donors (Lipinski definition) is 2. The fraction of sp³-hybridized carbons (Fsp3) is 0.650. The summed E-state index contributed by atoms with van der Waals surface area (Å²) in [5, 5.41) is 21.6. The molecule has 6 rings (SSSR count). The number of fused-ring (bicyclic) bond motifs is 2. The molecule has 0 spiro atoms. The number of Topliss-reactive ketones (excluding diaryl/α,β-unsaturated/α-hetero) is 1. The van der Waals surface area contributed by atoms with Gasteiger partial charge in [0.15, 0.2) is 0 Å². The molecule has 3 saturated carbocycles. The van der Waals surface area contributed by atoms with Crippen molar-refractivity contribution in [2.45, 2.75) is 126 Å². The predicted octanol–water partition coefficient (Wildman–Crippen LogP) is 8.44. The Morgan fingerprint density at radius 2 is 1.73 bits per heavy atom. The number of hydrogen-bond acceptors (Lipinski definition) is 6. The second-order valence-corrected chi connectivity index (χ2v) is 16.4.